The van der Waals surface area contributed by atoms with Crippen molar-refractivity contribution in [2.75, 3.05) is 60.6 Å². The minimum Gasteiger partial charge on any atom is -0.490 e. The maximum absolute atomic E-state index is 14.6. The Morgan fingerprint density at radius 1 is 0.773 bits per heavy atom. The van der Waals surface area contributed by atoms with Crippen LogP contribution in [0.2, 0.25) is 25.7 Å². The van der Waals surface area contributed by atoms with Crippen molar-refractivity contribution in [1.29, 1.82) is 0 Å². The van der Waals surface area contributed by atoms with Gasteiger partial charge >= 0.3 is 6.09 Å². The number of carbonyl (C=O) groups excluding carboxylic acids is 5. The van der Waals surface area contributed by atoms with E-state index in [1.165, 1.54) is 11.0 Å². The van der Waals surface area contributed by atoms with Crippen molar-refractivity contribution in [2.45, 2.75) is 95.6 Å². The van der Waals surface area contributed by atoms with Gasteiger partial charge in [0.2, 0.25) is 5.91 Å². The maximum Gasteiger partial charge on any atom is 0.416 e. The number of rotatable bonds is 21. The quantitative estimate of drug-likeness (QED) is 0.0274. The predicted molar refractivity (Wildman–Crippen MR) is 289 cm³/mol. The van der Waals surface area contributed by atoms with Crippen LogP contribution in [0.1, 0.15) is 82.7 Å². The van der Waals surface area contributed by atoms with Gasteiger partial charge in [0.25, 0.3) is 17.7 Å². The highest BCUT2D eigenvalue weighted by Gasteiger charge is 2.47. The number of aromatic nitrogens is 2. The maximum atomic E-state index is 14.6. The molecule has 398 valence electrons. The molecule has 0 saturated carbocycles. The van der Waals surface area contributed by atoms with Gasteiger partial charge in [-0.05, 0) is 99.0 Å². The average Bonchev–Trinajstić information content (AvgIpc) is 3.96. The SMILES string of the molecule is C=CCOC(=O)N1c2cc(OCCCC(=O)Nc3cc(C(=O)Nc4ccc(-c5cc(C(=O)Nc6ccccc6)n(C)c5)cc4)n(C)c3)c(OCOCC[Si](C)(C)C)cc2C(=O)N2CCCC[C@H]2C1OC1CCCCO1. The molecule has 3 aliphatic rings. The van der Waals surface area contributed by atoms with Gasteiger partial charge in [0.15, 0.2) is 30.8 Å². The second-order valence-corrected chi connectivity index (χ2v) is 25.8. The van der Waals surface area contributed by atoms with E-state index in [-0.39, 0.29) is 79.2 Å². The molecule has 18 nitrogen and oxygen atoms in total. The molecule has 3 aliphatic heterocycles. The number of piperidine rings is 1. The fourth-order valence-corrected chi connectivity index (χ4v) is 10.0. The van der Waals surface area contributed by atoms with E-state index in [4.69, 9.17) is 28.4 Å². The number of amides is 5. The number of benzene rings is 3. The summed E-state index contributed by atoms with van der Waals surface area (Å²) >= 11 is 0. The molecule has 0 radical (unpaired) electrons. The van der Waals surface area contributed by atoms with Gasteiger partial charge in [-0.25, -0.2) is 9.69 Å². The number of hydrogen-bond acceptors (Lipinski definition) is 11. The molecule has 5 heterocycles. The lowest BCUT2D eigenvalue weighted by molar-refractivity contribution is -0.198. The molecule has 3 N–H and O–H groups in total. The molecule has 0 aliphatic carbocycles. The van der Waals surface area contributed by atoms with Crippen molar-refractivity contribution in [3.05, 3.63) is 121 Å². The molecule has 75 heavy (non-hydrogen) atoms. The number of hydrogen-bond donors (Lipinski definition) is 3. The normalized spacial score (nSPS) is 17.5. The zero-order valence-corrected chi connectivity index (χ0v) is 44.6. The fourth-order valence-electron chi connectivity index (χ4n) is 9.29. The summed E-state index contributed by atoms with van der Waals surface area (Å²) in [5.74, 6) is -0.700. The summed E-state index contributed by atoms with van der Waals surface area (Å²) in [6.07, 6.45) is 7.81. The van der Waals surface area contributed by atoms with Gasteiger partial charge in [0.05, 0.1) is 29.6 Å². The average molecular weight is 1040 g/mol. The van der Waals surface area contributed by atoms with Crippen LogP contribution in [0.15, 0.2) is 104 Å². The van der Waals surface area contributed by atoms with Crippen LogP contribution in [-0.2, 0) is 37.8 Å². The van der Waals surface area contributed by atoms with Gasteiger partial charge in [0, 0.05) is 83.7 Å². The topological polar surface area (TPSA) is 193 Å². The molecule has 0 spiro atoms. The number of carbonyl (C=O) groups is 5. The van der Waals surface area contributed by atoms with E-state index in [9.17, 15) is 24.0 Å². The van der Waals surface area contributed by atoms with E-state index in [1.807, 2.05) is 61.8 Å². The molecule has 3 aromatic carbocycles. The zero-order chi connectivity index (χ0) is 53.1. The third-order valence-electron chi connectivity index (χ3n) is 13.3. The van der Waals surface area contributed by atoms with E-state index in [1.54, 1.807) is 57.6 Å². The first-order valence-electron chi connectivity index (χ1n) is 25.7. The molecule has 2 aromatic heterocycles. The van der Waals surface area contributed by atoms with E-state index in [0.717, 1.165) is 42.9 Å². The highest BCUT2D eigenvalue weighted by molar-refractivity contribution is 6.76. The number of nitrogens with zero attached hydrogens (tertiary/aromatic N) is 4. The largest absolute Gasteiger partial charge is 0.490 e. The number of ether oxygens (including phenoxy) is 6. The Balaban J connectivity index is 0.925. The summed E-state index contributed by atoms with van der Waals surface area (Å²) < 4.78 is 40.2. The van der Waals surface area contributed by atoms with Gasteiger partial charge < -0.3 is 58.4 Å². The van der Waals surface area contributed by atoms with E-state index in [2.05, 4.69) is 42.2 Å². The van der Waals surface area contributed by atoms with Gasteiger partial charge in [-0.2, -0.15) is 0 Å². The first-order chi connectivity index (χ1) is 36.1. The van der Waals surface area contributed by atoms with Crippen molar-refractivity contribution in [3.8, 4) is 22.6 Å². The Morgan fingerprint density at radius 2 is 1.48 bits per heavy atom. The molecule has 2 unspecified atom stereocenters. The van der Waals surface area contributed by atoms with Crippen molar-refractivity contribution < 1.29 is 52.4 Å². The molecule has 19 heteroatoms. The molecule has 5 aromatic rings. The lowest BCUT2D eigenvalue weighted by atomic mass is 10.00. The number of fused-ring (bicyclic) bond motifs is 2. The molecule has 0 bridgehead atoms. The summed E-state index contributed by atoms with van der Waals surface area (Å²) in [7, 11) is 2.14. The Kier molecular flexibility index (Phi) is 17.9. The molecule has 5 amide bonds. The van der Waals surface area contributed by atoms with Gasteiger partial charge in [0.1, 0.15) is 18.0 Å². The first kappa shape index (κ1) is 54.1. The zero-order valence-electron chi connectivity index (χ0n) is 43.6. The van der Waals surface area contributed by atoms with Crippen molar-refractivity contribution >= 4 is 60.5 Å². The monoisotopic (exact) mass is 1040 g/mol. The first-order valence-corrected chi connectivity index (χ1v) is 29.4. The smallest absolute Gasteiger partial charge is 0.416 e. The lowest BCUT2D eigenvalue weighted by Gasteiger charge is -2.42. The second kappa shape index (κ2) is 24.9. The van der Waals surface area contributed by atoms with Crippen molar-refractivity contribution in [2.24, 2.45) is 14.1 Å². The minimum atomic E-state index is -1.39. The molecular weight excluding hydrogens is 975 g/mol. The van der Waals surface area contributed by atoms with Crippen LogP contribution in [0.4, 0.5) is 27.5 Å². The molecular formula is C56H69N7O11Si. The highest BCUT2D eigenvalue weighted by Crippen LogP contribution is 2.43. The molecule has 2 fully saturated rings. The van der Waals surface area contributed by atoms with E-state index in [0.29, 0.717) is 61.1 Å². The van der Waals surface area contributed by atoms with E-state index < -0.39 is 32.7 Å². The van der Waals surface area contributed by atoms with Crippen LogP contribution >= 0.6 is 0 Å². The number of para-hydroxylation sites is 1. The summed E-state index contributed by atoms with van der Waals surface area (Å²) in [6.45, 7) is 11.9. The van der Waals surface area contributed by atoms with Gasteiger partial charge in [-0.15, -0.1) is 0 Å². The Morgan fingerprint density at radius 3 is 2.20 bits per heavy atom. The lowest BCUT2D eigenvalue weighted by Crippen LogP contribution is -2.57. The summed E-state index contributed by atoms with van der Waals surface area (Å²) in [4.78, 5) is 71.9. The predicted octanol–water partition coefficient (Wildman–Crippen LogP) is 10.0. The van der Waals surface area contributed by atoms with Crippen LogP contribution in [0.5, 0.6) is 11.5 Å². The van der Waals surface area contributed by atoms with Crippen LogP contribution < -0.4 is 30.3 Å². The second-order valence-electron chi connectivity index (χ2n) is 20.2. The fraction of sp³-hybridized carbons (Fsp3) is 0.411. The standard InChI is InChI=1S/C56H69N7O11Si/c1-7-26-72-56(68)63-45-34-49(48(73-37-69-29-30-75(4,5)6)33-43(45)54(67)62-25-13-11-18-44(62)55(63)74-51-20-12-14-27-71-51)70-28-15-19-50(64)57-42-32-47(61(3)36-42)53(66)59-41-23-21-38(22-24-41)39-31-46(60(2)35-39)52(65)58-40-16-9-8-10-17-40/h7-10,16-17,21-24,31-36,44,51,55H,1,11-15,18-20,25-30,37H2,2-6H3,(H,57,64)(H,58,65)(H,59,66)/t44-,51?,55?/m0/s1. The van der Waals surface area contributed by atoms with E-state index >= 15 is 0 Å². The summed E-state index contributed by atoms with van der Waals surface area (Å²) in [6, 6.07) is 23.7. The number of nitrogens with one attached hydrogen (secondary N) is 3. The Labute approximate surface area is 439 Å². The van der Waals surface area contributed by atoms with Gasteiger partial charge in [-0.3, -0.25) is 19.2 Å². The third-order valence-corrected chi connectivity index (χ3v) is 15.0. The van der Waals surface area contributed by atoms with Crippen LogP contribution in [-0.4, -0.2) is 110 Å². The molecule has 8 rings (SSSR count). The van der Waals surface area contributed by atoms with Crippen molar-refractivity contribution in [3.63, 3.8) is 0 Å². The number of aryl methyl sites for hydroxylation is 2. The molecule has 3 atom stereocenters. The van der Waals surface area contributed by atoms with Crippen LogP contribution in [0.25, 0.3) is 11.1 Å². The van der Waals surface area contributed by atoms with Crippen LogP contribution in [0.3, 0.4) is 0 Å². The molecule has 2 saturated heterocycles. The van der Waals surface area contributed by atoms with Crippen molar-refractivity contribution in [1.82, 2.24) is 14.0 Å². The Bertz CT molecular complexity index is 2820. The minimum absolute atomic E-state index is 0.0642. The summed E-state index contributed by atoms with van der Waals surface area (Å²) in [5, 5.41) is 8.74. The highest BCUT2D eigenvalue weighted by atomic mass is 28.3. The Hall–Kier alpha value is -7.19. The third kappa shape index (κ3) is 14.0. The summed E-state index contributed by atoms with van der Waals surface area (Å²) in [5.41, 5.74) is 4.70. The van der Waals surface area contributed by atoms with Crippen LogP contribution in [0, 0.1) is 0 Å². The number of anilines is 4. The van der Waals surface area contributed by atoms with Gasteiger partial charge in [-0.1, -0.05) is 62.6 Å².